The van der Waals surface area contributed by atoms with Gasteiger partial charge in [-0.25, -0.2) is 4.98 Å². The number of nitrogens with one attached hydrogen (secondary N) is 1. The molecule has 0 bridgehead atoms. The van der Waals surface area contributed by atoms with E-state index in [9.17, 15) is 4.79 Å². The Morgan fingerprint density at radius 1 is 1.25 bits per heavy atom. The molecule has 1 N–H and O–H groups in total. The van der Waals surface area contributed by atoms with Crippen LogP contribution in [0, 0.1) is 6.92 Å². The number of aryl methyl sites for hydroxylation is 1. The third-order valence-electron chi connectivity index (χ3n) is 3.74. The normalized spacial score (nSPS) is 10.9. The van der Waals surface area contributed by atoms with Crippen molar-refractivity contribution in [3.63, 3.8) is 0 Å². The summed E-state index contributed by atoms with van der Waals surface area (Å²) in [5, 5.41) is 14.1. The van der Waals surface area contributed by atoms with E-state index >= 15 is 0 Å². The summed E-state index contributed by atoms with van der Waals surface area (Å²) in [5.74, 6) is 0.0982. The molecule has 4 aromatic rings. The number of hydrogen-bond donors (Lipinski definition) is 1. The quantitative estimate of drug-likeness (QED) is 0.372. The third kappa shape index (κ3) is 4.52. The van der Waals surface area contributed by atoms with Crippen LogP contribution in [-0.4, -0.2) is 31.4 Å². The largest absolute Gasteiger partial charge is 0.301 e. The maximum absolute atomic E-state index is 12.3. The first-order valence-corrected chi connectivity index (χ1v) is 11.7. The van der Waals surface area contributed by atoms with E-state index < -0.39 is 0 Å². The number of anilines is 1. The molecule has 3 heterocycles. The molecular weight excluding hydrogens is 478 g/mol. The van der Waals surface area contributed by atoms with Crippen LogP contribution in [0.3, 0.4) is 0 Å². The van der Waals surface area contributed by atoms with Crippen LogP contribution < -0.4 is 5.32 Å². The molecule has 0 saturated carbocycles. The maximum Gasteiger partial charge on any atom is 0.236 e. The van der Waals surface area contributed by atoms with E-state index in [0.717, 1.165) is 20.0 Å². The molecule has 4 rings (SSSR count). The number of carbonyl (C=O) groups excluding carboxylic acids is 1. The number of aromatic nitrogens is 4. The summed E-state index contributed by atoms with van der Waals surface area (Å²) in [6.45, 7) is 2.04. The van der Waals surface area contributed by atoms with E-state index in [-0.39, 0.29) is 11.7 Å². The molecule has 0 aliphatic rings. The molecule has 3 aromatic heterocycles. The molecule has 1 aromatic carbocycles. The number of benzene rings is 1. The Morgan fingerprint density at radius 3 is 2.82 bits per heavy atom. The van der Waals surface area contributed by atoms with Gasteiger partial charge in [0.1, 0.15) is 6.33 Å². The van der Waals surface area contributed by atoms with Crippen molar-refractivity contribution in [3.05, 3.63) is 57.5 Å². The average molecular weight is 492 g/mol. The molecule has 0 spiro atoms. The number of thiophene rings is 1. The number of thioether (sulfide) groups is 1. The summed E-state index contributed by atoms with van der Waals surface area (Å²) >= 11 is 7.81. The molecule has 0 aliphatic heterocycles. The maximum atomic E-state index is 12.3. The lowest BCUT2D eigenvalue weighted by atomic mass is 10.2. The fourth-order valence-corrected chi connectivity index (χ4v) is 5.26. The van der Waals surface area contributed by atoms with Gasteiger partial charge in [0, 0.05) is 11.1 Å². The van der Waals surface area contributed by atoms with Gasteiger partial charge < -0.3 is 5.32 Å². The van der Waals surface area contributed by atoms with E-state index in [0.29, 0.717) is 10.3 Å². The number of hydrogen-bond acceptors (Lipinski definition) is 7. The first-order chi connectivity index (χ1) is 13.6. The first kappa shape index (κ1) is 19.3. The zero-order valence-electron chi connectivity index (χ0n) is 14.6. The lowest BCUT2D eigenvalue weighted by Crippen LogP contribution is -2.14. The second kappa shape index (κ2) is 8.56. The number of thiazole rings is 1. The number of rotatable bonds is 6. The van der Waals surface area contributed by atoms with Crippen LogP contribution in [0.25, 0.3) is 16.3 Å². The van der Waals surface area contributed by atoms with Crippen molar-refractivity contribution in [1.29, 1.82) is 0 Å². The minimum absolute atomic E-state index is 0.128. The first-order valence-electron chi connectivity index (χ1n) is 8.19. The fraction of sp³-hybridized carbons (Fsp3) is 0.111. The van der Waals surface area contributed by atoms with Gasteiger partial charge in [-0.2, -0.15) is 0 Å². The highest BCUT2D eigenvalue weighted by Crippen LogP contribution is 2.33. The van der Waals surface area contributed by atoms with Crippen molar-refractivity contribution >= 4 is 61.4 Å². The van der Waals surface area contributed by atoms with Gasteiger partial charge >= 0.3 is 0 Å². The van der Waals surface area contributed by atoms with Crippen molar-refractivity contribution in [3.8, 4) is 16.3 Å². The highest BCUT2D eigenvalue weighted by molar-refractivity contribution is 9.11. The van der Waals surface area contributed by atoms with Crippen LogP contribution in [0.2, 0.25) is 0 Å². The van der Waals surface area contributed by atoms with E-state index in [2.05, 4.69) is 36.4 Å². The molecule has 1 amide bonds. The summed E-state index contributed by atoms with van der Waals surface area (Å²) in [6.07, 6.45) is 1.65. The van der Waals surface area contributed by atoms with Crippen LogP contribution in [0.5, 0.6) is 0 Å². The Morgan fingerprint density at radius 2 is 2.07 bits per heavy atom. The van der Waals surface area contributed by atoms with Gasteiger partial charge in [0.15, 0.2) is 10.3 Å². The summed E-state index contributed by atoms with van der Waals surface area (Å²) in [4.78, 5) is 17.9. The summed E-state index contributed by atoms with van der Waals surface area (Å²) in [5.41, 5.74) is 3.01. The molecule has 6 nitrogen and oxygen atoms in total. The van der Waals surface area contributed by atoms with E-state index in [1.807, 2.05) is 53.3 Å². The number of carbonyl (C=O) groups is 1. The van der Waals surface area contributed by atoms with E-state index in [1.165, 1.54) is 28.7 Å². The lowest BCUT2D eigenvalue weighted by molar-refractivity contribution is -0.113. The Kier molecular flexibility index (Phi) is 5.90. The van der Waals surface area contributed by atoms with Gasteiger partial charge in [-0.3, -0.25) is 9.36 Å². The molecule has 0 radical (unpaired) electrons. The van der Waals surface area contributed by atoms with Crippen molar-refractivity contribution in [2.24, 2.45) is 0 Å². The minimum atomic E-state index is -0.128. The Labute approximate surface area is 182 Å². The number of amides is 1. The highest BCUT2D eigenvalue weighted by atomic mass is 79.9. The molecule has 10 heteroatoms. The summed E-state index contributed by atoms with van der Waals surface area (Å²) in [7, 11) is 0. The second-order valence-electron chi connectivity index (χ2n) is 5.80. The Balaban J connectivity index is 1.37. The van der Waals surface area contributed by atoms with Crippen LogP contribution in [-0.2, 0) is 4.79 Å². The molecule has 0 unspecified atom stereocenters. The van der Waals surface area contributed by atoms with Gasteiger partial charge in [-0.15, -0.1) is 32.9 Å². The topological polar surface area (TPSA) is 72.7 Å². The predicted molar refractivity (Wildman–Crippen MR) is 119 cm³/mol. The molecule has 0 fully saturated rings. The van der Waals surface area contributed by atoms with Gasteiger partial charge in [-0.05, 0) is 47.1 Å². The van der Waals surface area contributed by atoms with Gasteiger partial charge in [-0.1, -0.05) is 29.5 Å². The van der Waals surface area contributed by atoms with Gasteiger partial charge in [0.05, 0.1) is 20.1 Å². The minimum Gasteiger partial charge on any atom is -0.301 e. The van der Waals surface area contributed by atoms with Gasteiger partial charge in [0.2, 0.25) is 5.91 Å². The lowest BCUT2D eigenvalue weighted by Gasteiger charge is -2.06. The molecule has 0 saturated heterocycles. The number of nitrogens with zero attached hydrogens (tertiary/aromatic N) is 4. The average Bonchev–Trinajstić information content (AvgIpc) is 3.41. The molecule has 28 heavy (non-hydrogen) atoms. The monoisotopic (exact) mass is 491 g/mol. The van der Waals surface area contributed by atoms with E-state index in [4.69, 9.17) is 0 Å². The Hall–Kier alpha value is -2.01. The zero-order valence-corrected chi connectivity index (χ0v) is 18.7. The van der Waals surface area contributed by atoms with Crippen LogP contribution >= 0.6 is 50.4 Å². The second-order valence-corrected chi connectivity index (χ2v) is 10.1. The standard InChI is InChI=1S/C18H14BrN5OS3/c1-11-2-4-12(5-3-11)24-10-20-23-18(24)27-9-16(25)22-17-21-13(8-26-17)14-6-7-15(19)28-14/h2-8,10H,9H2,1H3,(H,21,22,25). The highest BCUT2D eigenvalue weighted by Gasteiger charge is 2.13. The van der Waals surface area contributed by atoms with Crippen molar-refractivity contribution in [2.75, 3.05) is 11.1 Å². The van der Waals surface area contributed by atoms with Crippen LogP contribution in [0.4, 0.5) is 5.13 Å². The molecule has 0 aliphatic carbocycles. The molecule has 0 atom stereocenters. The van der Waals surface area contributed by atoms with Crippen molar-refractivity contribution in [2.45, 2.75) is 12.1 Å². The molecule has 142 valence electrons. The van der Waals surface area contributed by atoms with Crippen molar-refractivity contribution in [1.82, 2.24) is 19.7 Å². The summed E-state index contributed by atoms with van der Waals surface area (Å²) in [6, 6.07) is 12.1. The van der Waals surface area contributed by atoms with Crippen molar-refractivity contribution < 1.29 is 4.79 Å². The summed E-state index contributed by atoms with van der Waals surface area (Å²) < 4.78 is 2.92. The predicted octanol–water partition coefficient (Wildman–Crippen LogP) is 5.25. The number of halogens is 1. The zero-order chi connectivity index (χ0) is 19.5. The fourth-order valence-electron chi connectivity index (χ4n) is 2.39. The Bertz CT molecular complexity index is 1100. The van der Waals surface area contributed by atoms with Crippen LogP contribution in [0.1, 0.15) is 5.56 Å². The van der Waals surface area contributed by atoms with Crippen LogP contribution in [0.15, 0.2) is 57.0 Å². The molecular formula is C18H14BrN5OS3. The SMILES string of the molecule is Cc1ccc(-n2cnnc2SCC(=O)Nc2nc(-c3ccc(Br)s3)cs2)cc1. The smallest absolute Gasteiger partial charge is 0.236 e. The van der Waals surface area contributed by atoms with Gasteiger partial charge in [0.25, 0.3) is 0 Å². The third-order valence-corrected chi connectivity index (χ3v) is 7.08. The van der Waals surface area contributed by atoms with E-state index in [1.54, 1.807) is 17.7 Å².